The molecule has 72 valence electrons. The second-order valence-electron chi connectivity index (χ2n) is 3.66. The molecule has 2 N–H and O–H groups in total. The van der Waals surface area contributed by atoms with Crippen molar-refractivity contribution < 1.29 is 4.39 Å². The SMILES string of the molecule is CC(C)[C@@H](C)c1cc(F)cnc1N. The number of pyridine rings is 1. The second-order valence-corrected chi connectivity index (χ2v) is 3.66. The van der Waals surface area contributed by atoms with Crippen LogP contribution in [0.5, 0.6) is 0 Å². The summed E-state index contributed by atoms with van der Waals surface area (Å²) in [5.41, 5.74) is 6.45. The van der Waals surface area contributed by atoms with Crippen LogP contribution >= 0.6 is 0 Å². The molecule has 0 aliphatic carbocycles. The van der Waals surface area contributed by atoms with Crippen LogP contribution in [0.25, 0.3) is 0 Å². The molecule has 0 saturated carbocycles. The molecule has 0 aromatic carbocycles. The Morgan fingerprint density at radius 3 is 2.54 bits per heavy atom. The van der Waals surface area contributed by atoms with Crippen molar-refractivity contribution in [3.8, 4) is 0 Å². The Labute approximate surface area is 78.0 Å². The molecule has 0 fully saturated rings. The molecule has 1 atom stereocenters. The fourth-order valence-electron chi connectivity index (χ4n) is 1.19. The molecular formula is C10H15FN2. The molecule has 0 bridgehead atoms. The van der Waals surface area contributed by atoms with E-state index in [2.05, 4.69) is 18.8 Å². The number of nitrogens with zero attached hydrogens (tertiary/aromatic N) is 1. The lowest BCUT2D eigenvalue weighted by molar-refractivity contribution is 0.529. The fourth-order valence-corrected chi connectivity index (χ4v) is 1.19. The van der Waals surface area contributed by atoms with E-state index in [1.807, 2.05) is 6.92 Å². The molecule has 1 rings (SSSR count). The van der Waals surface area contributed by atoms with Crippen LogP contribution in [0.3, 0.4) is 0 Å². The topological polar surface area (TPSA) is 38.9 Å². The third kappa shape index (κ3) is 2.17. The molecule has 3 heteroatoms. The normalized spacial score (nSPS) is 13.3. The van der Waals surface area contributed by atoms with Gasteiger partial charge in [0.05, 0.1) is 6.20 Å². The molecule has 0 aliphatic rings. The molecule has 0 saturated heterocycles. The molecule has 0 radical (unpaired) electrons. The van der Waals surface area contributed by atoms with Crippen LogP contribution in [0.2, 0.25) is 0 Å². The standard InChI is InChI=1S/C10H15FN2/c1-6(2)7(3)9-4-8(11)5-13-10(9)12/h4-7H,1-3H3,(H2,12,13)/t7-/m1/s1. The highest BCUT2D eigenvalue weighted by Gasteiger charge is 2.14. The van der Waals surface area contributed by atoms with Gasteiger partial charge in [0.15, 0.2) is 0 Å². The molecule has 1 aromatic heterocycles. The number of hydrogen-bond acceptors (Lipinski definition) is 2. The quantitative estimate of drug-likeness (QED) is 0.763. The number of rotatable bonds is 2. The first-order chi connectivity index (χ1) is 6.02. The summed E-state index contributed by atoms with van der Waals surface area (Å²) in [5, 5.41) is 0. The van der Waals surface area contributed by atoms with Crippen molar-refractivity contribution >= 4 is 5.82 Å². The summed E-state index contributed by atoms with van der Waals surface area (Å²) in [5.74, 6) is 0.786. The van der Waals surface area contributed by atoms with Gasteiger partial charge < -0.3 is 5.73 Å². The molecular weight excluding hydrogens is 167 g/mol. The Kier molecular flexibility index (Phi) is 2.86. The highest BCUT2D eigenvalue weighted by Crippen LogP contribution is 2.27. The van der Waals surface area contributed by atoms with Gasteiger partial charge >= 0.3 is 0 Å². The van der Waals surface area contributed by atoms with Gasteiger partial charge in [0.1, 0.15) is 11.6 Å². The predicted octanol–water partition coefficient (Wildman–Crippen LogP) is 2.56. The number of anilines is 1. The van der Waals surface area contributed by atoms with Gasteiger partial charge in [0, 0.05) is 5.56 Å². The molecule has 0 aliphatic heterocycles. The molecule has 1 aromatic rings. The van der Waals surface area contributed by atoms with Crippen LogP contribution in [0, 0.1) is 11.7 Å². The minimum Gasteiger partial charge on any atom is -0.383 e. The average molecular weight is 182 g/mol. The van der Waals surface area contributed by atoms with Crippen molar-refractivity contribution in [3.63, 3.8) is 0 Å². The van der Waals surface area contributed by atoms with Gasteiger partial charge in [-0.1, -0.05) is 20.8 Å². The maximum atomic E-state index is 12.9. The third-order valence-corrected chi connectivity index (χ3v) is 2.41. The minimum absolute atomic E-state index is 0.239. The highest BCUT2D eigenvalue weighted by molar-refractivity contribution is 5.41. The van der Waals surface area contributed by atoms with Gasteiger partial charge in [-0.25, -0.2) is 9.37 Å². The van der Waals surface area contributed by atoms with Crippen molar-refractivity contribution in [1.29, 1.82) is 0 Å². The Hall–Kier alpha value is -1.12. The minimum atomic E-state index is -0.322. The van der Waals surface area contributed by atoms with Crippen molar-refractivity contribution in [1.82, 2.24) is 4.98 Å². The molecule has 0 amide bonds. The van der Waals surface area contributed by atoms with Crippen molar-refractivity contribution in [2.75, 3.05) is 5.73 Å². The van der Waals surface area contributed by atoms with E-state index >= 15 is 0 Å². The van der Waals surface area contributed by atoms with E-state index in [9.17, 15) is 4.39 Å². The van der Waals surface area contributed by atoms with Gasteiger partial charge in [-0.3, -0.25) is 0 Å². The summed E-state index contributed by atoms with van der Waals surface area (Å²) in [6.07, 6.45) is 1.14. The Morgan fingerprint density at radius 1 is 1.38 bits per heavy atom. The van der Waals surface area contributed by atoms with E-state index in [1.54, 1.807) is 0 Å². The largest absolute Gasteiger partial charge is 0.383 e. The number of hydrogen-bond donors (Lipinski definition) is 1. The maximum Gasteiger partial charge on any atom is 0.141 e. The Balaban J connectivity index is 3.05. The summed E-state index contributed by atoms with van der Waals surface area (Å²) < 4.78 is 12.9. The van der Waals surface area contributed by atoms with E-state index in [0.717, 1.165) is 11.8 Å². The fraction of sp³-hybridized carbons (Fsp3) is 0.500. The van der Waals surface area contributed by atoms with Gasteiger partial charge in [-0.2, -0.15) is 0 Å². The van der Waals surface area contributed by atoms with Crippen LogP contribution in [0.1, 0.15) is 32.3 Å². The van der Waals surface area contributed by atoms with Crippen LogP contribution in [-0.2, 0) is 0 Å². The smallest absolute Gasteiger partial charge is 0.141 e. The van der Waals surface area contributed by atoms with Crippen LogP contribution < -0.4 is 5.73 Å². The monoisotopic (exact) mass is 182 g/mol. The van der Waals surface area contributed by atoms with Crippen LogP contribution in [-0.4, -0.2) is 4.98 Å². The van der Waals surface area contributed by atoms with E-state index in [1.165, 1.54) is 6.07 Å². The van der Waals surface area contributed by atoms with Gasteiger partial charge in [0.25, 0.3) is 0 Å². The lowest BCUT2D eigenvalue weighted by Crippen LogP contribution is -2.07. The summed E-state index contributed by atoms with van der Waals surface area (Å²) >= 11 is 0. The van der Waals surface area contributed by atoms with Crippen LogP contribution in [0.15, 0.2) is 12.3 Å². The Morgan fingerprint density at radius 2 is 2.00 bits per heavy atom. The van der Waals surface area contributed by atoms with E-state index in [-0.39, 0.29) is 11.7 Å². The zero-order chi connectivity index (χ0) is 10.0. The van der Waals surface area contributed by atoms with Gasteiger partial charge in [-0.15, -0.1) is 0 Å². The molecule has 2 nitrogen and oxygen atoms in total. The lowest BCUT2D eigenvalue weighted by Gasteiger charge is -2.17. The van der Waals surface area contributed by atoms with Crippen LogP contribution in [0.4, 0.5) is 10.2 Å². The maximum absolute atomic E-state index is 12.9. The first-order valence-corrected chi connectivity index (χ1v) is 4.43. The van der Waals surface area contributed by atoms with Crippen molar-refractivity contribution in [2.45, 2.75) is 26.7 Å². The first kappa shape index (κ1) is 9.96. The molecule has 1 heterocycles. The summed E-state index contributed by atoms with van der Waals surface area (Å²) in [6, 6.07) is 1.47. The zero-order valence-electron chi connectivity index (χ0n) is 8.21. The van der Waals surface area contributed by atoms with Crippen molar-refractivity contribution in [2.24, 2.45) is 5.92 Å². The summed E-state index contributed by atoms with van der Waals surface area (Å²) in [4.78, 5) is 3.78. The molecule has 0 unspecified atom stereocenters. The first-order valence-electron chi connectivity index (χ1n) is 4.43. The number of halogens is 1. The summed E-state index contributed by atoms with van der Waals surface area (Å²) in [6.45, 7) is 6.18. The van der Waals surface area contributed by atoms with E-state index in [4.69, 9.17) is 5.73 Å². The van der Waals surface area contributed by atoms with Gasteiger partial charge in [0.2, 0.25) is 0 Å². The highest BCUT2D eigenvalue weighted by atomic mass is 19.1. The average Bonchev–Trinajstić information content (AvgIpc) is 2.08. The number of nitrogen functional groups attached to an aromatic ring is 1. The molecule has 0 spiro atoms. The summed E-state index contributed by atoms with van der Waals surface area (Å²) in [7, 11) is 0. The number of aromatic nitrogens is 1. The second kappa shape index (κ2) is 3.73. The van der Waals surface area contributed by atoms with Crippen molar-refractivity contribution in [3.05, 3.63) is 23.6 Å². The van der Waals surface area contributed by atoms with Gasteiger partial charge in [-0.05, 0) is 17.9 Å². The number of nitrogens with two attached hydrogens (primary N) is 1. The third-order valence-electron chi connectivity index (χ3n) is 2.41. The van der Waals surface area contributed by atoms with E-state index in [0.29, 0.717) is 11.7 Å². The molecule has 13 heavy (non-hydrogen) atoms. The lowest BCUT2D eigenvalue weighted by atomic mass is 9.91. The Bertz CT molecular complexity index is 297. The van der Waals surface area contributed by atoms with E-state index < -0.39 is 0 Å². The zero-order valence-corrected chi connectivity index (χ0v) is 8.21. The predicted molar refractivity (Wildman–Crippen MR) is 51.9 cm³/mol.